The van der Waals surface area contributed by atoms with Crippen molar-refractivity contribution in [3.05, 3.63) is 82.8 Å². The Balaban J connectivity index is 1.53. The Hall–Kier alpha value is -4.54. The number of nitrogen functional groups attached to an aromatic ring is 1. The minimum absolute atomic E-state index is 0.0810. The van der Waals surface area contributed by atoms with Gasteiger partial charge in [0.15, 0.2) is 17.4 Å². The van der Waals surface area contributed by atoms with Crippen LogP contribution in [0.2, 0.25) is 0 Å². The molecule has 1 atom stereocenters. The van der Waals surface area contributed by atoms with E-state index in [9.17, 15) is 18.4 Å². The highest BCUT2D eigenvalue weighted by Crippen LogP contribution is 2.33. The first-order chi connectivity index (χ1) is 16.9. The Bertz CT molecular complexity index is 1510. The lowest BCUT2D eigenvalue weighted by molar-refractivity contribution is -0.125. The third kappa shape index (κ3) is 3.90. The number of hydrogen-bond acceptors (Lipinski definition) is 6. The number of nitrogens with two attached hydrogens (primary N) is 1. The van der Waals surface area contributed by atoms with Crippen LogP contribution in [-0.2, 0) is 4.79 Å². The second-order valence-corrected chi connectivity index (χ2v) is 8.08. The molecule has 0 radical (unpaired) electrons. The first-order valence-electron chi connectivity index (χ1n) is 10.8. The number of ether oxygens (including phenoxy) is 1. The number of carbonyl (C=O) groups is 1. The summed E-state index contributed by atoms with van der Waals surface area (Å²) in [5.41, 5.74) is 7.07. The first kappa shape index (κ1) is 22.3. The maximum atomic E-state index is 13.9. The molecule has 2 aromatic carbocycles. The number of rotatable bonds is 5. The number of aromatic amines is 1. The Morgan fingerprint density at radius 1 is 1.23 bits per heavy atom. The van der Waals surface area contributed by atoms with Crippen molar-refractivity contribution in [1.82, 2.24) is 24.9 Å². The fourth-order valence-electron chi connectivity index (χ4n) is 4.25. The molecule has 35 heavy (non-hydrogen) atoms. The van der Waals surface area contributed by atoms with Gasteiger partial charge < -0.3 is 15.4 Å². The lowest BCUT2D eigenvalue weighted by atomic mass is 10.0. The second-order valence-electron chi connectivity index (χ2n) is 8.08. The van der Waals surface area contributed by atoms with Crippen LogP contribution in [0.4, 0.5) is 14.6 Å². The standard InChI is InChI=1S/C24H20F2N6O3/c1-2-18(33)31-11-10-13(12-31)21-19-22(23(27)28-29-24(19)34)32(30-21)14-6-8-15(9-7-14)35-17-5-3-4-16(25)20(17)26/h2-9,13H,1,10-12H2,(H2,27,28)(H,29,34)/t13-/m0/s1. The molecule has 0 bridgehead atoms. The van der Waals surface area contributed by atoms with Gasteiger partial charge in [0.1, 0.15) is 11.3 Å². The van der Waals surface area contributed by atoms with E-state index in [1.165, 1.54) is 22.9 Å². The largest absolute Gasteiger partial charge is 0.454 e. The Kier molecular flexibility index (Phi) is 5.51. The summed E-state index contributed by atoms with van der Waals surface area (Å²) in [6, 6.07) is 10.1. The van der Waals surface area contributed by atoms with Crippen LogP contribution in [0.15, 0.2) is 59.9 Å². The highest BCUT2D eigenvalue weighted by Gasteiger charge is 2.31. The van der Waals surface area contributed by atoms with Crippen molar-refractivity contribution in [2.75, 3.05) is 18.8 Å². The average molecular weight is 478 g/mol. The number of H-pyrrole nitrogens is 1. The van der Waals surface area contributed by atoms with E-state index < -0.39 is 17.2 Å². The topological polar surface area (TPSA) is 119 Å². The number of aromatic nitrogens is 4. The van der Waals surface area contributed by atoms with E-state index in [0.717, 1.165) is 6.07 Å². The number of benzene rings is 2. The number of halogens is 2. The number of anilines is 1. The van der Waals surface area contributed by atoms with Gasteiger partial charge in [-0.2, -0.15) is 14.6 Å². The third-order valence-electron chi connectivity index (χ3n) is 5.95. The van der Waals surface area contributed by atoms with Gasteiger partial charge in [-0.1, -0.05) is 12.6 Å². The fraction of sp³-hybridized carbons (Fsp3) is 0.167. The molecule has 2 aromatic heterocycles. The summed E-state index contributed by atoms with van der Waals surface area (Å²) in [4.78, 5) is 26.4. The van der Waals surface area contributed by atoms with Crippen LogP contribution in [0.1, 0.15) is 18.0 Å². The second kappa shape index (κ2) is 8.67. The molecule has 9 nitrogen and oxygen atoms in total. The molecule has 0 saturated carbocycles. The van der Waals surface area contributed by atoms with Gasteiger partial charge in [0.25, 0.3) is 5.56 Å². The van der Waals surface area contributed by atoms with Gasteiger partial charge in [-0.25, -0.2) is 14.2 Å². The maximum absolute atomic E-state index is 13.9. The quantitative estimate of drug-likeness (QED) is 0.425. The molecule has 5 rings (SSSR count). The molecule has 1 amide bonds. The van der Waals surface area contributed by atoms with Crippen LogP contribution < -0.4 is 16.0 Å². The molecule has 4 aromatic rings. The normalized spacial score (nSPS) is 15.5. The van der Waals surface area contributed by atoms with Gasteiger partial charge in [0.2, 0.25) is 11.7 Å². The zero-order chi connectivity index (χ0) is 24.7. The highest BCUT2D eigenvalue weighted by atomic mass is 19.2. The summed E-state index contributed by atoms with van der Waals surface area (Å²) in [5.74, 6) is -2.35. The van der Waals surface area contributed by atoms with Crippen molar-refractivity contribution in [3.8, 4) is 17.2 Å². The molecule has 1 fully saturated rings. The average Bonchev–Trinajstić information content (AvgIpc) is 3.50. The predicted octanol–water partition coefficient (Wildman–Crippen LogP) is 3.26. The molecule has 1 aliphatic heterocycles. The zero-order valence-electron chi connectivity index (χ0n) is 18.4. The van der Waals surface area contributed by atoms with E-state index in [4.69, 9.17) is 10.5 Å². The molecule has 0 spiro atoms. The third-order valence-corrected chi connectivity index (χ3v) is 5.95. The van der Waals surface area contributed by atoms with Crippen LogP contribution in [0.25, 0.3) is 16.6 Å². The molecular weight excluding hydrogens is 458 g/mol. The summed E-state index contributed by atoms with van der Waals surface area (Å²) in [7, 11) is 0. The molecule has 1 saturated heterocycles. The molecule has 3 N–H and O–H groups in total. The predicted molar refractivity (Wildman–Crippen MR) is 124 cm³/mol. The smallest absolute Gasteiger partial charge is 0.275 e. The number of nitrogens with zero attached hydrogens (tertiary/aromatic N) is 4. The summed E-state index contributed by atoms with van der Waals surface area (Å²) in [5, 5.41) is 11.3. The monoisotopic (exact) mass is 478 g/mol. The van der Waals surface area contributed by atoms with Gasteiger partial charge in [-0.05, 0) is 48.9 Å². The zero-order valence-corrected chi connectivity index (χ0v) is 18.4. The van der Waals surface area contributed by atoms with Crippen molar-refractivity contribution in [2.45, 2.75) is 12.3 Å². The van der Waals surface area contributed by atoms with Gasteiger partial charge >= 0.3 is 0 Å². The van der Waals surface area contributed by atoms with Gasteiger partial charge in [0, 0.05) is 19.0 Å². The fourth-order valence-corrected chi connectivity index (χ4v) is 4.25. The van der Waals surface area contributed by atoms with Gasteiger partial charge in [-0.3, -0.25) is 9.59 Å². The van der Waals surface area contributed by atoms with E-state index in [1.54, 1.807) is 29.2 Å². The first-order valence-corrected chi connectivity index (χ1v) is 10.8. The molecular formula is C24H20F2N6O3. The molecule has 1 aliphatic rings. The van der Waals surface area contributed by atoms with Crippen molar-refractivity contribution in [1.29, 1.82) is 0 Å². The van der Waals surface area contributed by atoms with Gasteiger partial charge in [0.05, 0.1) is 16.8 Å². The van der Waals surface area contributed by atoms with Crippen molar-refractivity contribution < 1.29 is 18.3 Å². The molecule has 0 aliphatic carbocycles. The van der Waals surface area contributed by atoms with Crippen LogP contribution in [0, 0.1) is 11.6 Å². The van der Waals surface area contributed by atoms with Crippen molar-refractivity contribution in [3.63, 3.8) is 0 Å². The van der Waals surface area contributed by atoms with E-state index in [2.05, 4.69) is 21.9 Å². The summed E-state index contributed by atoms with van der Waals surface area (Å²) in [6.07, 6.45) is 1.88. The minimum Gasteiger partial charge on any atom is -0.454 e. The molecule has 0 unspecified atom stereocenters. The molecule has 3 heterocycles. The number of carbonyl (C=O) groups excluding carboxylic acids is 1. The SMILES string of the molecule is C=CC(=O)N1CC[C@H](c2nn(-c3ccc(Oc4cccc(F)c4F)cc3)c3c(N)n[nH]c(=O)c23)C1. The maximum Gasteiger partial charge on any atom is 0.275 e. The van der Waals surface area contributed by atoms with Crippen LogP contribution in [0.3, 0.4) is 0 Å². The van der Waals surface area contributed by atoms with Crippen LogP contribution in [-0.4, -0.2) is 43.9 Å². The summed E-state index contributed by atoms with van der Waals surface area (Å²) >= 11 is 0. The number of hydrogen-bond donors (Lipinski definition) is 2. The summed E-state index contributed by atoms with van der Waals surface area (Å²) < 4.78 is 34.4. The Morgan fingerprint density at radius 2 is 2.00 bits per heavy atom. The van der Waals surface area contributed by atoms with Gasteiger partial charge in [-0.15, -0.1) is 0 Å². The Labute approximate surface area is 197 Å². The molecule has 11 heteroatoms. The lowest BCUT2D eigenvalue weighted by Gasteiger charge is -2.13. The number of nitrogens with one attached hydrogen (secondary N) is 1. The Morgan fingerprint density at radius 3 is 2.74 bits per heavy atom. The van der Waals surface area contributed by atoms with E-state index in [-0.39, 0.29) is 29.1 Å². The number of likely N-dealkylation sites (tertiary alicyclic amines) is 1. The summed E-state index contributed by atoms with van der Waals surface area (Å²) in [6.45, 7) is 4.44. The van der Waals surface area contributed by atoms with E-state index in [0.29, 0.717) is 41.8 Å². The molecule has 178 valence electrons. The number of amides is 1. The number of fused-ring (bicyclic) bond motifs is 1. The van der Waals surface area contributed by atoms with Crippen molar-refractivity contribution in [2.24, 2.45) is 0 Å². The van der Waals surface area contributed by atoms with Crippen LogP contribution >= 0.6 is 0 Å². The van der Waals surface area contributed by atoms with E-state index in [1.807, 2.05) is 0 Å². The van der Waals surface area contributed by atoms with E-state index >= 15 is 0 Å². The minimum atomic E-state index is -1.09. The highest BCUT2D eigenvalue weighted by molar-refractivity contribution is 5.91. The van der Waals surface area contributed by atoms with Crippen LogP contribution in [0.5, 0.6) is 11.5 Å². The van der Waals surface area contributed by atoms with Crippen molar-refractivity contribution >= 4 is 22.6 Å². The lowest BCUT2D eigenvalue weighted by Crippen LogP contribution is -2.26.